The maximum atomic E-state index is 10.7. The Labute approximate surface area is 99.8 Å². The van der Waals surface area contributed by atoms with Crippen LogP contribution in [0.3, 0.4) is 0 Å². The van der Waals surface area contributed by atoms with Gasteiger partial charge in [-0.1, -0.05) is 39.5 Å². The van der Waals surface area contributed by atoms with Gasteiger partial charge < -0.3 is 5.11 Å². The lowest BCUT2D eigenvalue weighted by molar-refractivity contribution is -0.138. The Kier molecular flexibility index (Phi) is 9.30. The minimum atomic E-state index is -0.714. The van der Waals surface area contributed by atoms with Crippen LogP contribution in [0.4, 0.5) is 0 Å². The van der Waals surface area contributed by atoms with E-state index in [4.69, 9.17) is 5.11 Å². The lowest BCUT2D eigenvalue weighted by Crippen LogP contribution is -2.37. The van der Waals surface area contributed by atoms with Gasteiger partial charge in [0.1, 0.15) is 0 Å². The van der Waals surface area contributed by atoms with Crippen molar-refractivity contribution in [3.05, 3.63) is 0 Å². The predicted molar refractivity (Wildman–Crippen MR) is 67.7 cm³/mol. The Bertz CT molecular complexity index is 183. The fraction of sp³-hybridized carbons (Fsp3) is 0.923. The Balaban J connectivity index is 3.78. The van der Waals surface area contributed by atoms with E-state index in [0.717, 1.165) is 19.4 Å². The van der Waals surface area contributed by atoms with Gasteiger partial charge in [-0.05, 0) is 26.3 Å². The molecule has 0 heterocycles. The molecule has 96 valence electrons. The molecule has 3 heteroatoms. The van der Waals surface area contributed by atoms with Gasteiger partial charge in [0.15, 0.2) is 0 Å². The van der Waals surface area contributed by atoms with E-state index in [-0.39, 0.29) is 6.54 Å². The van der Waals surface area contributed by atoms with Gasteiger partial charge in [-0.15, -0.1) is 0 Å². The second-order valence-electron chi connectivity index (χ2n) is 4.54. The number of nitrogens with zero attached hydrogens (tertiary/aromatic N) is 1. The number of carboxylic acid groups (broad SMARTS) is 1. The number of aliphatic carboxylic acids is 1. The van der Waals surface area contributed by atoms with Crippen LogP contribution in [-0.4, -0.2) is 35.1 Å². The normalized spacial score (nSPS) is 13.0. The zero-order chi connectivity index (χ0) is 12.4. The van der Waals surface area contributed by atoms with Gasteiger partial charge in [0.05, 0.1) is 6.54 Å². The van der Waals surface area contributed by atoms with Gasteiger partial charge in [-0.2, -0.15) is 0 Å². The van der Waals surface area contributed by atoms with Gasteiger partial charge in [-0.3, -0.25) is 9.69 Å². The summed E-state index contributed by atoms with van der Waals surface area (Å²) in [5, 5.41) is 8.83. The highest BCUT2D eigenvalue weighted by Gasteiger charge is 2.14. The van der Waals surface area contributed by atoms with Crippen LogP contribution in [0.5, 0.6) is 0 Å². The van der Waals surface area contributed by atoms with Crippen molar-refractivity contribution >= 4 is 5.97 Å². The highest BCUT2D eigenvalue weighted by Crippen LogP contribution is 2.08. The van der Waals surface area contributed by atoms with Crippen LogP contribution < -0.4 is 0 Å². The van der Waals surface area contributed by atoms with Gasteiger partial charge in [0, 0.05) is 6.04 Å². The van der Waals surface area contributed by atoms with E-state index in [0.29, 0.717) is 6.04 Å². The topological polar surface area (TPSA) is 40.5 Å². The summed E-state index contributed by atoms with van der Waals surface area (Å²) in [7, 11) is 0. The zero-order valence-electron chi connectivity index (χ0n) is 11.0. The average Bonchev–Trinajstić information content (AvgIpc) is 2.25. The van der Waals surface area contributed by atoms with E-state index >= 15 is 0 Å². The molecule has 0 bridgehead atoms. The van der Waals surface area contributed by atoms with E-state index in [1.54, 1.807) is 0 Å². The first-order valence-corrected chi connectivity index (χ1v) is 6.57. The molecule has 3 nitrogen and oxygen atoms in total. The largest absolute Gasteiger partial charge is 0.480 e. The SMILES string of the molecule is CCCCCCCN(CC(=O)O)C(C)CC. The van der Waals surface area contributed by atoms with Gasteiger partial charge in [0.25, 0.3) is 0 Å². The molecule has 0 saturated carbocycles. The van der Waals surface area contributed by atoms with Crippen LogP contribution in [0, 0.1) is 0 Å². The zero-order valence-corrected chi connectivity index (χ0v) is 11.0. The van der Waals surface area contributed by atoms with E-state index in [9.17, 15) is 4.79 Å². The Hall–Kier alpha value is -0.570. The minimum absolute atomic E-state index is 0.183. The molecule has 0 radical (unpaired) electrons. The molecule has 0 aromatic heterocycles. The summed E-state index contributed by atoms with van der Waals surface area (Å²) < 4.78 is 0. The number of carboxylic acids is 1. The van der Waals surface area contributed by atoms with Crippen LogP contribution in [-0.2, 0) is 4.79 Å². The molecule has 0 aliphatic heterocycles. The predicted octanol–water partition coefficient (Wildman–Crippen LogP) is 3.14. The van der Waals surface area contributed by atoms with Crippen molar-refractivity contribution in [1.29, 1.82) is 0 Å². The van der Waals surface area contributed by atoms with Crippen molar-refractivity contribution in [1.82, 2.24) is 4.90 Å². The lowest BCUT2D eigenvalue weighted by Gasteiger charge is -2.26. The average molecular weight is 229 g/mol. The molecule has 16 heavy (non-hydrogen) atoms. The Morgan fingerprint density at radius 2 is 1.81 bits per heavy atom. The van der Waals surface area contributed by atoms with Crippen molar-refractivity contribution < 1.29 is 9.90 Å². The molecule has 0 amide bonds. The first-order chi connectivity index (χ1) is 7.61. The molecule has 1 N–H and O–H groups in total. The summed E-state index contributed by atoms with van der Waals surface area (Å²) in [6.07, 6.45) is 7.19. The summed E-state index contributed by atoms with van der Waals surface area (Å²) in [6.45, 7) is 7.52. The fourth-order valence-electron chi connectivity index (χ4n) is 1.81. The first kappa shape index (κ1) is 15.4. The molecule has 0 saturated heterocycles. The molecule has 1 unspecified atom stereocenters. The third-order valence-electron chi connectivity index (χ3n) is 3.10. The lowest BCUT2D eigenvalue weighted by atomic mass is 10.1. The first-order valence-electron chi connectivity index (χ1n) is 6.57. The summed E-state index contributed by atoms with van der Waals surface area (Å²) in [6, 6.07) is 0.377. The minimum Gasteiger partial charge on any atom is -0.480 e. The van der Waals surface area contributed by atoms with Gasteiger partial charge in [-0.25, -0.2) is 0 Å². The summed E-state index contributed by atoms with van der Waals surface area (Å²) in [5.41, 5.74) is 0. The molecule has 0 rings (SSSR count). The fourth-order valence-corrected chi connectivity index (χ4v) is 1.81. The van der Waals surface area contributed by atoms with Gasteiger partial charge >= 0.3 is 5.97 Å². The smallest absolute Gasteiger partial charge is 0.317 e. The van der Waals surface area contributed by atoms with Crippen LogP contribution in [0.15, 0.2) is 0 Å². The van der Waals surface area contributed by atoms with E-state index in [1.807, 2.05) is 0 Å². The molecule has 0 aliphatic carbocycles. The second-order valence-corrected chi connectivity index (χ2v) is 4.54. The van der Waals surface area contributed by atoms with Crippen molar-refractivity contribution in [2.75, 3.05) is 13.1 Å². The molecule has 0 aromatic carbocycles. The molecule has 1 atom stereocenters. The number of hydrogen-bond acceptors (Lipinski definition) is 2. The third kappa shape index (κ3) is 7.69. The number of unbranched alkanes of at least 4 members (excludes halogenated alkanes) is 4. The maximum absolute atomic E-state index is 10.7. The van der Waals surface area contributed by atoms with Crippen molar-refractivity contribution in [2.24, 2.45) is 0 Å². The molecule has 0 spiro atoms. The second kappa shape index (κ2) is 9.64. The van der Waals surface area contributed by atoms with Gasteiger partial charge in [0.2, 0.25) is 0 Å². The molecule has 0 aromatic rings. The van der Waals surface area contributed by atoms with Crippen LogP contribution in [0.2, 0.25) is 0 Å². The van der Waals surface area contributed by atoms with Crippen molar-refractivity contribution in [3.8, 4) is 0 Å². The quantitative estimate of drug-likeness (QED) is 0.585. The van der Waals surface area contributed by atoms with Crippen LogP contribution >= 0.6 is 0 Å². The monoisotopic (exact) mass is 229 g/mol. The molecule has 0 fully saturated rings. The highest BCUT2D eigenvalue weighted by atomic mass is 16.4. The Morgan fingerprint density at radius 3 is 2.31 bits per heavy atom. The molecular weight excluding hydrogens is 202 g/mol. The van der Waals surface area contributed by atoms with Crippen molar-refractivity contribution in [2.45, 2.75) is 65.3 Å². The highest BCUT2D eigenvalue weighted by molar-refractivity contribution is 5.69. The summed E-state index contributed by atoms with van der Waals surface area (Å²) in [4.78, 5) is 12.8. The molecule has 0 aliphatic rings. The van der Waals surface area contributed by atoms with E-state index in [2.05, 4.69) is 25.7 Å². The van der Waals surface area contributed by atoms with Crippen LogP contribution in [0.1, 0.15) is 59.3 Å². The standard InChI is InChI=1S/C13H27NO2/c1-4-6-7-8-9-10-14(11-13(15)16)12(3)5-2/h12H,4-11H2,1-3H3,(H,15,16). The number of carbonyl (C=O) groups is 1. The van der Waals surface area contributed by atoms with Crippen molar-refractivity contribution in [3.63, 3.8) is 0 Å². The van der Waals surface area contributed by atoms with E-state index in [1.165, 1.54) is 25.7 Å². The number of rotatable bonds is 10. The summed E-state index contributed by atoms with van der Waals surface area (Å²) in [5.74, 6) is -0.714. The Morgan fingerprint density at radius 1 is 1.19 bits per heavy atom. The summed E-state index contributed by atoms with van der Waals surface area (Å²) >= 11 is 0. The van der Waals surface area contributed by atoms with E-state index < -0.39 is 5.97 Å². The molecular formula is C13H27NO2. The third-order valence-corrected chi connectivity index (χ3v) is 3.10. The number of hydrogen-bond donors (Lipinski definition) is 1. The van der Waals surface area contributed by atoms with Crippen LogP contribution in [0.25, 0.3) is 0 Å². The maximum Gasteiger partial charge on any atom is 0.317 e.